The second-order valence-corrected chi connectivity index (χ2v) is 6.20. The maximum atomic E-state index is 14.6. The Bertz CT molecular complexity index is 733. The van der Waals surface area contributed by atoms with Crippen LogP contribution in [0.3, 0.4) is 0 Å². The lowest BCUT2D eigenvalue weighted by Gasteiger charge is -2.30. The minimum atomic E-state index is -3.73. The van der Waals surface area contributed by atoms with Crippen LogP contribution in [0.2, 0.25) is 0 Å². The van der Waals surface area contributed by atoms with Crippen molar-refractivity contribution in [1.82, 2.24) is 0 Å². The Morgan fingerprint density at radius 2 is 1.86 bits per heavy atom. The molecule has 1 aliphatic heterocycles. The van der Waals surface area contributed by atoms with Crippen LogP contribution in [0, 0.1) is 6.92 Å². The number of ether oxygens (including phenoxy) is 1. The second-order valence-electron chi connectivity index (χ2n) is 5.01. The number of carbonyl (C=O) groups is 1. The van der Waals surface area contributed by atoms with Crippen molar-refractivity contribution in [2.75, 3.05) is 0 Å². The van der Waals surface area contributed by atoms with Gasteiger partial charge in [-0.3, -0.25) is 0 Å². The molecule has 2 aromatic carbocycles. The Hall–Kier alpha value is -1.92. The molecule has 22 heavy (non-hydrogen) atoms. The Labute approximate surface area is 129 Å². The summed E-state index contributed by atoms with van der Waals surface area (Å²) in [5, 5.41) is 6.68. The minimum absolute atomic E-state index is 0.0403. The van der Waals surface area contributed by atoms with Gasteiger partial charge in [0.1, 0.15) is 0 Å². The molecule has 0 saturated heterocycles. The average molecular weight is 322 g/mol. The molecule has 0 aromatic heterocycles. The molecule has 1 atom stereocenters. The summed E-state index contributed by atoms with van der Waals surface area (Å²) in [5.74, 6) is -3.93. The van der Waals surface area contributed by atoms with Crippen LogP contribution in [0.4, 0.5) is 8.78 Å². The van der Waals surface area contributed by atoms with E-state index in [0.29, 0.717) is 5.56 Å². The molecule has 0 bridgehead atoms. The number of hydrogen-bond donors (Lipinski definition) is 1. The van der Waals surface area contributed by atoms with E-state index in [2.05, 4.69) is 4.74 Å². The number of alkyl halides is 2. The molecule has 1 unspecified atom stereocenters. The molecule has 1 N–H and O–H groups in total. The predicted octanol–water partition coefficient (Wildman–Crippen LogP) is 3.70. The zero-order valence-corrected chi connectivity index (χ0v) is 12.4. The Morgan fingerprint density at radius 1 is 1.18 bits per heavy atom. The number of aryl methyl sites for hydroxylation is 1. The SMILES string of the molecule is Cc1ccc2c(c1)C(O)(C(F)(F)Sc1ccccc1)OC2=O. The number of thioether (sulfide) groups is 1. The van der Waals surface area contributed by atoms with Crippen LogP contribution in [0.15, 0.2) is 53.4 Å². The van der Waals surface area contributed by atoms with E-state index in [1.807, 2.05) is 0 Å². The molecule has 0 saturated carbocycles. The number of fused-ring (bicyclic) bond motifs is 1. The van der Waals surface area contributed by atoms with E-state index in [1.165, 1.54) is 24.3 Å². The molecule has 3 nitrogen and oxygen atoms in total. The number of carbonyl (C=O) groups excluding carboxylic acids is 1. The third-order valence-corrected chi connectivity index (χ3v) is 4.43. The van der Waals surface area contributed by atoms with Crippen LogP contribution in [0.25, 0.3) is 0 Å². The Morgan fingerprint density at radius 3 is 2.55 bits per heavy atom. The molecule has 3 rings (SSSR count). The highest BCUT2D eigenvalue weighted by Crippen LogP contribution is 2.52. The number of cyclic esters (lactones) is 1. The molecular formula is C16H12F2O3S. The third kappa shape index (κ3) is 2.28. The van der Waals surface area contributed by atoms with Crippen molar-refractivity contribution in [2.45, 2.75) is 22.9 Å². The van der Waals surface area contributed by atoms with Gasteiger partial charge in [0.05, 0.1) is 5.56 Å². The van der Waals surface area contributed by atoms with Gasteiger partial charge in [0.25, 0.3) is 0 Å². The number of rotatable bonds is 3. The lowest BCUT2D eigenvalue weighted by Crippen LogP contribution is -2.43. The standard InChI is InChI=1S/C16H12F2O3S/c1-10-7-8-12-13(9-10)15(20,21-14(12)19)16(17,18)22-11-5-3-2-4-6-11/h2-9,20H,1H3. The van der Waals surface area contributed by atoms with Gasteiger partial charge in [-0.1, -0.05) is 29.8 Å². The first-order valence-electron chi connectivity index (χ1n) is 6.52. The molecule has 0 spiro atoms. The van der Waals surface area contributed by atoms with Crippen molar-refractivity contribution >= 4 is 17.7 Å². The summed E-state index contributed by atoms with van der Waals surface area (Å²) in [6, 6.07) is 12.3. The van der Waals surface area contributed by atoms with Crippen molar-refractivity contribution in [3.8, 4) is 0 Å². The van der Waals surface area contributed by atoms with E-state index < -0.39 is 17.0 Å². The number of halogens is 2. The summed E-state index contributed by atoms with van der Waals surface area (Å²) in [4.78, 5) is 12.0. The molecular weight excluding hydrogens is 310 g/mol. The predicted molar refractivity (Wildman–Crippen MR) is 77.7 cm³/mol. The van der Waals surface area contributed by atoms with Gasteiger partial charge in [-0.2, -0.15) is 8.78 Å². The van der Waals surface area contributed by atoms with E-state index in [4.69, 9.17) is 0 Å². The highest BCUT2D eigenvalue weighted by Gasteiger charge is 2.63. The summed E-state index contributed by atoms with van der Waals surface area (Å²) >= 11 is 0.153. The van der Waals surface area contributed by atoms with Crippen molar-refractivity contribution in [1.29, 1.82) is 0 Å². The van der Waals surface area contributed by atoms with Gasteiger partial charge in [0, 0.05) is 10.5 Å². The third-order valence-electron chi connectivity index (χ3n) is 3.38. The first-order chi connectivity index (χ1) is 10.3. The molecule has 114 valence electrons. The highest BCUT2D eigenvalue weighted by molar-refractivity contribution is 8.00. The summed E-state index contributed by atoms with van der Waals surface area (Å²) in [6.45, 7) is 1.69. The fourth-order valence-electron chi connectivity index (χ4n) is 2.28. The van der Waals surface area contributed by atoms with E-state index in [9.17, 15) is 18.7 Å². The Balaban J connectivity index is 2.04. The van der Waals surface area contributed by atoms with E-state index >= 15 is 0 Å². The molecule has 0 aliphatic carbocycles. The van der Waals surface area contributed by atoms with Gasteiger partial charge in [-0.15, -0.1) is 0 Å². The van der Waals surface area contributed by atoms with Crippen LogP contribution in [-0.4, -0.2) is 16.3 Å². The van der Waals surface area contributed by atoms with Crippen LogP contribution in [0.5, 0.6) is 0 Å². The van der Waals surface area contributed by atoms with Crippen molar-refractivity contribution in [3.05, 3.63) is 65.2 Å². The number of hydrogen-bond acceptors (Lipinski definition) is 4. The normalized spacial score (nSPS) is 20.6. The molecule has 0 fully saturated rings. The van der Waals surface area contributed by atoms with E-state index in [0.717, 1.165) is 0 Å². The zero-order chi connectivity index (χ0) is 16.0. The maximum absolute atomic E-state index is 14.6. The molecule has 2 aromatic rings. The second kappa shape index (κ2) is 5.07. The summed E-state index contributed by atoms with van der Waals surface area (Å²) in [5.41, 5.74) is 0.406. The molecule has 0 amide bonds. The van der Waals surface area contributed by atoms with Crippen molar-refractivity contribution in [3.63, 3.8) is 0 Å². The molecule has 1 aliphatic rings. The van der Waals surface area contributed by atoms with Gasteiger partial charge >= 0.3 is 17.0 Å². The topological polar surface area (TPSA) is 46.5 Å². The number of esters is 1. The number of benzene rings is 2. The Kier molecular flexibility index (Phi) is 3.45. The lowest BCUT2D eigenvalue weighted by atomic mass is 10.00. The maximum Gasteiger partial charge on any atom is 0.366 e. The molecule has 0 radical (unpaired) electrons. The van der Waals surface area contributed by atoms with Crippen LogP contribution in [-0.2, 0) is 10.5 Å². The summed E-state index contributed by atoms with van der Waals surface area (Å²) in [6.07, 6.45) is 0. The summed E-state index contributed by atoms with van der Waals surface area (Å²) < 4.78 is 33.9. The van der Waals surface area contributed by atoms with Gasteiger partial charge < -0.3 is 9.84 Å². The van der Waals surface area contributed by atoms with Crippen LogP contribution < -0.4 is 0 Å². The van der Waals surface area contributed by atoms with Crippen LogP contribution >= 0.6 is 11.8 Å². The fraction of sp³-hybridized carbons (Fsp3) is 0.188. The van der Waals surface area contributed by atoms with Gasteiger partial charge in [0.2, 0.25) is 0 Å². The molecule has 1 heterocycles. The van der Waals surface area contributed by atoms with Gasteiger partial charge in [-0.25, -0.2) is 4.79 Å². The zero-order valence-electron chi connectivity index (χ0n) is 11.5. The summed E-state index contributed by atoms with van der Waals surface area (Å²) in [7, 11) is 0. The van der Waals surface area contributed by atoms with Gasteiger partial charge in [0.15, 0.2) is 0 Å². The van der Waals surface area contributed by atoms with Gasteiger partial charge in [-0.05, 0) is 43.0 Å². The highest BCUT2D eigenvalue weighted by atomic mass is 32.2. The monoisotopic (exact) mass is 322 g/mol. The average Bonchev–Trinajstić information content (AvgIpc) is 2.72. The molecule has 6 heteroatoms. The quantitative estimate of drug-likeness (QED) is 0.691. The first-order valence-corrected chi connectivity index (χ1v) is 7.34. The van der Waals surface area contributed by atoms with E-state index in [1.54, 1.807) is 31.2 Å². The lowest BCUT2D eigenvalue weighted by molar-refractivity contribution is -0.255. The minimum Gasteiger partial charge on any atom is -0.417 e. The number of aliphatic hydroxyl groups is 1. The largest absolute Gasteiger partial charge is 0.417 e. The van der Waals surface area contributed by atoms with E-state index in [-0.39, 0.29) is 27.8 Å². The van der Waals surface area contributed by atoms with Crippen LogP contribution in [0.1, 0.15) is 21.5 Å². The van der Waals surface area contributed by atoms with Crippen molar-refractivity contribution in [2.24, 2.45) is 0 Å². The first kappa shape index (κ1) is 15.0. The van der Waals surface area contributed by atoms with Crippen molar-refractivity contribution < 1.29 is 23.4 Å². The smallest absolute Gasteiger partial charge is 0.366 e. The fourth-order valence-corrected chi connectivity index (χ4v) is 3.16.